The Hall–Kier alpha value is -13.6. The molecule has 20 aromatic rings. The van der Waals surface area contributed by atoms with Gasteiger partial charge in [-0.15, -0.1) is 287 Å². The molecule has 648 valence electrons. The molecule has 0 bridgehead atoms. The molecule has 0 aliphatic carbocycles. The van der Waals surface area contributed by atoms with Crippen molar-refractivity contribution in [3.8, 4) is 135 Å². The van der Waals surface area contributed by atoms with E-state index in [1.165, 1.54) is 44.5 Å². The van der Waals surface area contributed by atoms with Crippen LogP contribution in [-0.2, 0) is 86.8 Å². The van der Waals surface area contributed by atoms with Crippen LogP contribution in [0.2, 0.25) is 0 Å². The molecule has 0 saturated heterocycles. The Morgan fingerprint density at radius 3 is 0.769 bits per heavy atom. The quantitative estimate of drug-likeness (QED) is 0.105. The van der Waals surface area contributed by atoms with Crippen LogP contribution in [0.3, 0.4) is 0 Å². The van der Waals surface area contributed by atoms with Gasteiger partial charge in [0.05, 0.1) is 0 Å². The molecule has 0 fully saturated rings. The van der Waals surface area contributed by atoms with E-state index in [0.717, 1.165) is 125 Å². The van der Waals surface area contributed by atoms with Crippen LogP contribution in [0.4, 0.5) is 0 Å². The van der Waals surface area contributed by atoms with E-state index in [2.05, 4.69) is 218 Å². The summed E-state index contributed by atoms with van der Waals surface area (Å²) in [5.74, 6) is 0. The topological polar surface area (TPSA) is 103 Å². The molecule has 12 aromatic carbocycles. The Morgan fingerprint density at radius 1 is 0.200 bits per heavy atom. The first-order valence-corrected chi connectivity index (χ1v) is 41.7. The zero-order valence-electron chi connectivity index (χ0n) is 72.4. The maximum Gasteiger partial charge on any atom is 0.0266 e. The van der Waals surface area contributed by atoms with E-state index in [9.17, 15) is 0 Å². The summed E-state index contributed by atoms with van der Waals surface area (Å²) in [5.41, 5.74) is 31.5. The van der Waals surface area contributed by atoms with Crippen molar-refractivity contribution in [2.24, 2.45) is 0 Å². The minimum atomic E-state index is 0. The number of pyridine rings is 8. The Bertz CT molecular complexity index is 6100. The van der Waals surface area contributed by atoms with Crippen molar-refractivity contribution >= 4 is 0 Å². The fourth-order valence-electron chi connectivity index (χ4n) is 13.2. The molecule has 0 atom stereocenters. The maximum atomic E-state index is 4.60. The fourth-order valence-corrected chi connectivity index (χ4v) is 13.2. The van der Waals surface area contributed by atoms with Crippen molar-refractivity contribution in [3.63, 3.8) is 0 Å². The third-order valence-electron chi connectivity index (χ3n) is 19.8. The van der Waals surface area contributed by atoms with Gasteiger partial charge in [0.1, 0.15) is 0 Å². The number of rotatable bonds is 13. The van der Waals surface area contributed by atoms with Crippen LogP contribution in [-0.4, -0.2) is 39.9 Å². The molecule has 0 amide bonds. The molecule has 8 aromatic heterocycles. The van der Waals surface area contributed by atoms with Crippen molar-refractivity contribution in [1.82, 2.24) is 39.9 Å². The van der Waals surface area contributed by atoms with Crippen molar-refractivity contribution in [2.75, 3.05) is 0 Å². The molecule has 12 heteroatoms. The fraction of sp³-hybridized carbons (Fsp3) is 0.0508. The van der Waals surface area contributed by atoms with E-state index < -0.39 is 0 Å². The van der Waals surface area contributed by atoms with E-state index in [1.54, 1.807) is 12.4 Å². The van der Waals surface area contributed by atoms with Crippen LogP contribution in [0.25, 0.3) is 135 Å². The molecule has 0 spiro atoms. The van der Waals surface area contributed by atoms with E-state index >= 15 is 0 Å². The Morgan fingerprint density at radius 2 is 0.477 bits per heavy atom. The van der Waals surface area contributed by atoms with Crippen LogP contribution in [0.15, 0.2) is 456 Å². The van der Waals surface area contributed by atoms with Crippen molar-refractivity contribution in [2.45, 2.75) is 41.0 Å². The monoisotopic (exact) mass is 2390 g/mol. The Balaban J connectivity index is 0.000000168. The van der Waals surface area contributed by atoms with Gasteiger partial charge in [0.15, 0.2) is 0 Å². The molecule has 130 heavy (non-hydrogen) atoms. The standard InChI is InChI=1S/C19H16N.2C18H14N.C17H12N.2C12H10N.2C11H8N.4Ir/c1-2-15-13-19(17-11-7-4-8-12-17)20-14-18(15)16-9-5-3-6-10-16;2*1-14-7-5-6-10-17(14)16-11-12-18(19-13-16)15-8-3-2-4-9-15;1-3-7-14(8-4-1)16-11-12-17(18-13-16)15-9-5-2-6-10-15;2*1-10-6-5-9-12(13-10)11-7-3-2-4-8-11;2*1-2-6-10(7-3-1)11-8-4-5-9-12-11;;;;/h3-11,13-14H,2H2,1H3;2*2-8,10-13H,1H3;1-9,11-13H;2*2-7,9H,1H3;2*1-6,8-9H;;;;/q8*-1;;;;. The first kappa shape index (κ1) is 100. The van der Waals surface area contributed by atoms with E-state index in [-0.39, 0.29) is 80.4 Å². The van der Waals surface area contributed by atoms with Gasteiger partial charge in [-0.1, -0.05) is 207 Å². The van der Waals surface area contributed by atoms with E-state index in [1.807, 2.05) is 348 Å². The largest absolute Gasteiger partial charge is 0.305 e. The molecule has 0 unspecified atom stereocenters. The summed E-state index contributed by atoms with van der Waals surface area (Å²) in [6, 6.07) is 164. The Labute approximate surface area is 820 Å². The van der Waals surface area contributed by atoms with Gasteiger partial charge in [0.25, 0.3) is 0 Å². The predicted octanol–water partition coefficient (Wildman–Crippen LogP) is 28.8. The van der Waals surface area contributed by atoms with Crippen LogP contribution in [0, 0.1) is 76.2 Å². The van der Waals surface area contributed by atoms with Gasteiger partial charge in [0.2, 0.25) is 0 Å². The molecule has 20 rings (SSSR count). The third-order valence-corrected chi connectivity index (χ3v) is 19.8. The second-order valence-electron chi connectivity index (χ2n) is 28.7. The van der Waals surface area contributed by atoms with Gasteiger partial charge in [0, 0.05) is 135 Å². The number of aromatic nitrogens is 8. The minimum Gasteiger partial charge on any atom is -0.305 e. The van der Waals surface area contributed by atoms with Crippen molar-refractivity contribution in [1.29, 1.82) is 0 Å². The average Bonchev–Trinajstić information content (AvgIpc) is 0.834. The first-order valence-electron chi connectivity index (χ1n) is 41.7. The molecular weight excluding hydrogens is 2300 g/mol. The van der Waals surface area contributed by atoms with Crippen molar-refractivity contribution in [3.05, 3.63) is 532 Å². The molecule has 8 nitrogen and oxygen atoms in total. The van der Waals surface area contributed by atoms with Crippen molar-refractivity contribution < 1.29 is 80.4 Å². The number of nitrogens with zero attached hydrogens (tertiary/aromatic N) is 8. The van der Waals surface area contributed by atoms with Crippen LogP contribution < -0.4 is 0 Å². The van der Waals surface area contributed by atoms with Gasteiger partial charge in [-0.05, 0) is 160 Å². The summed E-state index contributed by atoms with van der Waals surface area (Å²) in [7, 11) is 0. The normalized spacial score (nSPS) is 9.82. The summed E-state index contributed by atoms with van der Waals surface area (Å²) in [6.07, 6.45) is 12.3. The Kier molecular flexibility index (Phi) is 42.6. The van der Waals surface area contributed by atoms with E-state index in [4.69, 9.17) is 0 Å². The molecule has 0 N–H and O–H groups in total. The molecule has 8 heterocycles. The average molecular weight is 2390 g/mol. The molecule has 4 radical (unpaired) electrons. The van der Waals surface area contributed by atoms with Crippen LogP contribution in [0.5, 0.6) is 0 Å². The second-order valence-corrected chi connectivity index (χ2v) is 28.7. The summed E-state index contributed by atoms with van der Waals surface area (Å²) in [6.45, 7) is 10.4. The molecule has 0 saturated carbocycles. The number of benzene rings is 12. The first-order chi connectivity index (χ1) is 62.2. The van der Waals surface area contributed by atoms with Gasteiger partial charge in [-0.2, -0.15) is 0 Å². The number of hydrogen-bond donors (Lipinski definition) is 0. The summed E-state index contributed by atoms with van der Waals surface area (Å²) < 4.78 is 0. The van der Waals surface area contributed by atoms with Gasteiger partial charge >= 0.3 is 0 Å². The summed E-state index contributed by atoms with van der Waals surface area (Å²) >= 11 is 0. The summed E-state index contributed by atoms with van der Waals surface area (Å²) in [5, 5.41) is 0. The SMILES string of the molecule is CCc1cc(-c2[c-]cccc2)ncc1-c1ccccc1.Cc1cccc(-c2[c-]cccc2)n1.Cc1cccc(-c2[c-]cccc2)n1.Cc1ccccc1-c1ccc(-c2[c-]cccc2)nc1.Cc1ccccc1-c1ccc(-c2[c-]cccc2)nc1.[Ir].[Ir].[Ir].[Ir].[c-]1ccccc1-c1ccc(-c2ccccc2)cn1.[c-]1ccccc1-c1ccccn1.[c-]1ccccc1-c1ccccn1. The number of aryl methyl sites for hydroxylation is 5. The zero-order valence-corrected chi connectivity index (χ0v) is 82.0. The summed E-state index contributed by atoms with van der Waals surface area (Å²) in [4.78, 5) is 35.4. The van der Waals surface area contributed by atoms with Gasteiger partial charge in [-0.25, -0.2) is 0 Å². The second kappa shape index (κ2) is 55.2. The number of hydrogen-bond acceptors (Lipinski definition) is 8. The molecule has 0 aliphatic rings. The minimum absolute atomic E-state index is 0. The third kappa shape index (κ3) is 31.1. The smallest absolute Gasteiger partial charge is 0.0266 e. The maximum absolute atomic E-state index is 4.60. The predicted molar refractivity (Wildman–Crippen MR) is 518 cm³/mol. The van der Waals surface area contributed by atoms with Gasteiger partial charge in [-0.3, -0.25) is 0 Å². The zero-order chi connectivity index (χ0) is 86.8. The molecular formula is C118H92Ir4N8-8. The van der Waals surface area contributed by atoms with Gasteiger partial charge < -0.3 is 39.9 Å². The van der Waals surface area contributed by atoms with Crippen LogP contribution >= 0.6 is 0 Å². The van der Waals surface area contributed by atoms with E-state index in [0.29, 0.717) is 0 Å². The van der Waals surface area contributed by atoms with Crippen LogP contribution in [0.1, 0.15) is 35.0 Å². The molecule has 0 aliphatic heterocycles.